The number of nitrogens with one attached hydrogen (secondary N) is 1. The van der Waals surface area contributed by atoms with Crippen molar-refractivity contribution in [1.29, 1.82) is 0 Å². The summed E-state index contributed by atoms with van der Waals surface area (Å²) in [6.07, 6.45) is 0. The molecule has 0 saturated carbocycles. The van der Waals surface area contributed by atoms with Gasteiger partial charge in [0, 0.05) is 37.4 Å². The molecular formula is C22H26ClN3O3. The summed E-state index contributed by atoms with van der Waals surface area (Å²) in [6, 6.07) is 11.4. The van der Waals surface area contributed by atoms with Crippen molar-refractivity contribution in [3.63, 3.8) is 0 Å². The predicted molar refractivity (Wildman–Crippen MR) is 117 cm³/mol. The Labute approximate surface area is 176 Å². The standard InChI is InChI=1S/C22H26ClN3O3/c1-16-5-6-17(15-20(16)25-7-11-28-12-8-25)22(27)24-19-4-2-3-18(23)21(19)26-9-13-29-14-10-26/h2-6,15H,7-14H2,1H3,(H,24,27). The van der Waals surface area contributed by atoms with Crippen LogP contribution in [0.15, 0.2) is 36.4 Å². The quantitative estimate of drug-likeness (QED) is 0.827. The molecule has 2 saturated heterocycles. The van der Waals surface area contributed by atoms with E-state index in [-0.39, 0.29) is 5.91 Å². The van der Waals surface area contributed by atoms with E-state index in [1.807, 2.05) is 36.4 Å². The van der Waals surface area contributed by atoms with Crippen LogP contribution >= 0.6 is 11.6 Å². The first-order valence-corrected chi connectivity index (χ1v) is 10.4. The Balaban J connectivity index is 1.58. The summed E-state index contributed by atoms with van der Waals surface area (Å²) in [5.74, 6) is -0.142. The Kier molecular flexibility index (Phi) is 6.23. The number of amides is 1. The van der Waals surface area contributed by atoms with Gasteiger partial charge in [-0.2, -0.15) is 0 Å². The number of para-hydroxylation sites is 1. The zero-order chi connectivity index (χ0) is 20.2. The normalized spacial score (nSPS) is 17.3. The highest BCUT2D eigenvalue weighted by molar-refractivity contribution is 6.34. The van der Waals surface area contributed by atoms with Crippen LogP contribution in [0.4, 0.5) is 17.1 Å². The van der Waals surface area contributed by atoms with Crippen molar-refractivity contribution in [2.75, 3.05) is 67.7 Å². The van der Waals surface area contributed by atoms with Gasteiger partial charge >= 0.3 is 0 Å². The maximum absolute atomic E-state index is 13.1. The van der Waals surface area contributed by atoms with E-state index in [0.717, 1.165) is 48.8 Å². The number of halogens is 1. The largest absolute Gasteiger partial charge is 0.378 e. The summed E-state index contributed by atoms with van der Waals surface area (Å²) < 4.78 is 10.9. The van der Waals surface area contributed by atoms with Crippen LogP contribution in [0.25, 0.3) is 0 Å². The average molecular weight is 416 g/mol. The number of benzene rings is 2. The number of rotatable bonds is 4. The van der Waals surface area contributed by atoms with Crippen LogP contribution in [0.3, 0.4) is 0 Å². The molecular weight excluding hydrogens is 390 g/mol. The second kappa shape index (κ2) is 9.03. The van der Waals surface area contributed by atoms with E-state index in [1.165, 1.54) is 0 Å². The van der Waals surface area contributed by atoms with Crippen LogP contribution in [0, 0.1) is 6.92 Å². The molecule has 6 nitrogen and oxygen atoms in total. The van der Waals surface area contributed by atoms with Crippen molar-refractivity contribution in [2.24, 2.45) is 0 Å². The van der Waals surface area contributed by atoms with E-state index in [0.29, 0.717) is 37.0 Å². The fraction of sp³-hybridized carbons (Fsp3) is 0.409. The minimum atomic E-state index is -0.142. The van der Waals surface area contributed by atoms with Crippen LogP contribution in [0.1, 0.15) is 15.9 Å². The van der Waals surface area contributed by atoms with E-state index in [9.17, 15) is 4.79 Å². The second-order valence-electron chi connectivity index (χ2n) is 7.29. The minimum Gasteiger partial charge on any atom is -0.378 e. The third-order valence-electron chi connectivity index (χ3n) is 5.39. The molecule has 0 unspecified atom stereocenters. The number of anilines is 3. The third kappa shape index (κ3) is 4.50. The molecule has 4 rings (SSSR count). The average Bonchev–Trinajstić information content (AvgIpc) is 2.75. The molecule has 29 heavy (non-hydrogen) atoms. The molecule has 0 atom stereocenters. The first-order chi connectivity index (χ1) is 14.1. The first-order valence-electron chi connectivity index (χ1n) is 9.99. The molecule has 1 amide bonds. The van der Waals surface area contributed by atoms with Gasteiger partial charge in [0.05, 0.1) is 42.8 Å². The lowest BCUT2D eigenvalue weighted by molar-refractivity contribution is 0.102. The molecule has 2 fully saturated rings. The summed E-state index contributed by atoms with van der Waals surface area (Å²) in [4.78, 5) is 17.5. The number of aryl methyl sites for hydroxylation is 1. The van der Waals surface area contributed by atoms with Crippen molar-refractivity contribution in [3.8, 4) is 0 Å². The molecule has 154 valence electrons. The Bertz CT molecular complexity index is 878. The number of carbonyl (C=O) groups is 1. The Morgan fingerprint density at radius 2 is 1.62 bits per heavy atom. The molecule has 0 aliphatic carbocycles. The van der Waals surface area contributed by atoms with Gasteiger partial charge in [-0.3, -0.25) is 4.79 Å². The van der Waals surface area contributed by atoms with Crippen molar-refractivity contribution >= 4 is 34.6 Å². The molecule has 7 heteroatoms. The summed E-state index contributed by atoms with van der Waals surface area (Å²) in [7, 11) is 0. The van der Waals surface area contributed by atoms with Gasteiger partial charge in [0.2, 0.25) is 0 Å². The highest BCUT2D eigenvalue weighted by Gasteiger charge is 2.20. The van der Waals surface area contributed by atoms with Crippen molar-refractivity contribution in [3.05, 3.63) is 52.5 Å². The lowest BCUT2D eigenvalue weighted by Crippen LogP contribution is -2.37. The molecule has 1 N–H and O–H groups in total. The van der Waals surface area contributed by atoms with E-state index in [1.54, 1.807) is 0 Å². The summed E-state index contributed by atoms with van der Waals surface area (Å²) in [6.45, 7) is 7.96. The zero-order valence-electron chi connectivity index (χ0n) is 16.6. The van der Waals surface area contributed by atoms with Gasteiger partial charge in [0.25, 0.3) is 5.91 Å². The highest BCUT2D eigenvalue weighted by Crippen LogP contribution is 2.35. The summed E-state index contributed by atoms with van der Waals surface area (Å²) in [5.41, 5.74) is 4.44. The van der Waals surface area contributed by atoms with E-state index >= 15 is 0 Å². The van der Waals surface area contributed by atoms with Gasteiger partial charge in [0.1, 0.15) is 0 Å². The Morgan fingerprint density at radius 1 is 0.966 bits per heavy atom. The van der Waals surface area contributed by atoms with Crippen molar-refractivity contribution < 1.29 is 14.3 Å². The van der Waals surface area contributed by atoms with Gasteiger partial charge in [-0.25, -0.2) is 0 Å². The van der Waals surface area contributed by atoms with Gasteiger partial charge in [-0.1, -0.05) is 23.7 Å². The summed E-state index contributed by atoms with van der Waals surface area (Å²) in [5, 5.41) is 3.69. The minimum absolute atomic E-state index is 0.142. The highest BCUT2D eigenvalue weighted by atomic mass is 35.5. The smallest absolute Gasteiger partial charge is 0.255 e. The Hall–Kier alpha value is -2.28. The van der Waals surface area contributed by atoms with Crippen LogP contribution in [-0.4, -0.2) is 58.5 Å². The lowest BCUT2D eigenvalue weighted by Gasteiger charge is -2.31. The van der Waals surface area contributed by atoms with E-state index in [4.69, 9.17) is 21.1 Å². The monoisotopic (exact) mass is 415 g/mol. The van der Waals surface area contributed by atoms with E-state index < -0.39 is 0 Å². The van der Waals surface area contributed by atoms with Crippen LogP contribution in [0.2, 0.25) is 5.02 Å². The van der Waals surface area contributed by atoms with Crippen LogP contribution in [-0.2, 0) is 9.47 Å². The number of morpholine rings is 2. The maximum Gasteiger partial charge on any atom is 0.255 e. The SMILES string of the molecule is Cc1ccc(C(=O)Nc2cccc(Cl)c2N2CCOCC2)cc1N1CCOCC1. The molecule has 2 heterocycles. The fourth-order valence-corrected chi connectivity index (χ4v) is 4.11. The number of carbonyl (C=O) groups excluding carboxylic acids is 1. The number of hydrogen-bond acceptors (Lipinski definition) is 5. The number of ether oxygens (including phenoxy) is 2. The van der Waals surface area contributed by atoms with Gasteiger partial charge in [-0.05, 0) is 36.8 Å². The zero-order valence-corrected chi connectivity index (χ0v) is 17.4. The maximum atomic E-state index is 13.1. The second-order valence-corrected chi connectivity index (χ2v) is 7.70. The third-order valence-corrected chi connectivity index (χ3v) is 5.69. The molecule has 2 aromatic carbocycles. The number of hydrogen-bond donors (Lipinski definition) is 1. The predicted octanol–water partition coefficient (Wildman–Crippen LogP) is 3.57. The van der Waals surface area contributed by atoms with Crippen LogP contribution < -0.4 is 15.1 Å². The molecule has 2 aromatic rings. The van der Waals surface area contributed by atoms with Crippen molar-refractivity contribution in [1.82, 2.24) is 0 Å². The van der Waals surface area contributed by atoms with E-state index in [2.05, 4.69) is 22.0 Å². The first kappa shape index (κ1) is 20.0. The summed E-state index contributed by atoms with van der Waals surface area (Å²) >= 11 is 6.49. The molecule has 0 spiro atoms. The van der Waals surface area contributed by atoms with Crippen molar-refractivity contribution in [2.45, 2.75) is 6.92 Å². The number of nitrogens with zero attached hydrogens (tertiary/aromatic N) is 2. The molecule has 0 bridgehead atoms. The van der Waals surface area contributed by atoms with Gasteiger partial charge in [-0.15, -0.1) is 0 Å². The molecule has 2 aliphatic rings. The molecule has 0 radical (unpaired) electrons. The van der Waals surface area contributed by atoms with Gasteiger partial charge < -0.3 is 24.6 Å². The lowest BCUT2D eigenvalue weighted by atomic mass is 10.1. The molecule has 0 aromatic heterocycles. The topological polar surface area (TPSA) is 54.0 Å². The van der Waals surface area contributed by atoms with Gasteiger partial charge in [0.15, 0.2) is 0 Å². The Morgan fingerprint density at radius 3 is 2.31 bits per heavy atom. The fourth-order valence-electron chi connectivity index (χ4n) is 3.81. The molecule has 2 aliphatic heterocycles. The van der Waals surface area contributed by atoms with Crippen LogP contribution in [0.5, 0.6) is 0 Å².